The number of hydrogen-bond donors (Lipinski definition) is 2. The van der Waals surface area contributed by atoms with Crippen LogP contribution in [0.15, 0.2) is 42.5 Å². The number of carbonyl (C=O) groups is 1. The van der Waals surface area contributed by atoms with E-state index in [0.29, 0.717) is 11.4 Å². The lowest BCUT2D eigenvalue weighted by Crippen LogP contribution is -2.14. The molecule has 2 aromatic rings. The van der Waals surface area contributed by atoms with Crippen molar-refractivity contribution in [2.75, 3.05) is 18.2 Å². The molecule has 0 atom stereocenters. The molecule has 0 saturated heterocycles. The number of anilines is 2. The van der Waals surface area contributed by atoms with Gasteiger partial charge in [-0.3, -0.25) is 14.9 Å². The predicted octanol–water partition coefficient (Wildman–Crippen LogP) is 2.44. The number of nitrogens with two attached hydrogens (primary N) is 1. The summed E-state index contributed by atoms with van der Waals surface area (Å²) in [6.45, 7) is 0. The number of nitrogens with one attached hydrogen (secondary N) is 1. The smallest absolute Gasteiger partial charge is 0.311 e. The number of nitrogen functional groups attached to an aromatic ring is 1. The van der Waals surface area contributed by atoms with E-state index in [9.17, 15) is 14.9 Å². The topological polar surface area (TPSA) is 107 Å². The zero-order valence-electron chi connectivity index (χ0n) is 11.2. The molecule has 0 aliphatic rings. The van der Waals surface area contributed by atoms with E-state index >= 15 is 0 Å². The Morgan fingerprint density at radius 3 is 2.57 bits per heavy atom. The number of nitrogens with zero attached hydrogens (tertiary/aromatic N) is 1. The fraction of sp³-hybridized carbons (Fsp3) is 0.0714. The lowest BCUT2D eigenvalue weighted by Gasteiger charge is -2.10. The van der Waals surface area contributed by atoms with Gasteiger partial charge in [0.2, 0.25) is 5.75 Å². The summed E-state index contributed by atoms with van der Waals surface area (Å²) in [6.07, 6.45) is 0. The average Bonchev–Trinajstić information content (AvgIpc) is 2.48. The lowest BCUT2D eigenvalue weighted by molar-refractivity contribution is -0.385. The van der Waals surface area contributed by atoms with Gasteiger partial charge in [0.05, 0.1) is 29.0 Å². The molecule has 0 bridgehead atoms. The van der Waals surface area contributed by atoms with Gasteiger partial charge in [-0.05, 0) is 18.2 Å². The first-order valence-electron chi connectivity index (χ1n) is 6.02. The van der Waals surface area contributed by atoms with Crippen LogP contribution in [0, 0.1) is 10.1 Å². The number of amides is 1. The van der Waals surface area contributed by atoms with Gasteiger partial charge >= 0.3 is 5.69 Å². The van der Waals surface area contributed by atoms with E-state index in [1.165, 1.54) is 25.3 Å². The number of nitro groups is 1. The average molecular weight is 287 g/mol. The van der Waals surface area contributed by atoms with Crippen molar-refractivity contribution in [3.63, 3.8) is 0 Å². The number of methoxy groups -OCH3 is 1. The summed E-state index contributed by atoms with van der Waals surface area (Å²) >= 11 is 0. The Balaban J connectivity index is 2.38. The first-order chi connectivity index (χ1) is 10.0. The van der Waals surface area contributed by atoms with Gasteiger partial charge in [-0.1, -0.05) is 18.2 Å². The molecule has 0 unspecified atom stereocenters. The van der Waals surface area contributed by atoms with E-state index in [2.05, 4.69) is 5.32 Å². The molecule has 21 heavy (non-hydrogen) atoms. The molecule has 3 N–H and O–H groups in total. The molecule has 0 spiro atoms. The summed E-state index contributed by atoms with van der Waals surface area (Å²) in [5, 5.41) is 13.5. The van der Waals surface area contributed by atoms with Crippen LogP contribution in [-0.4, -0.2) is 17.9 Å². The van der Waals surface area contributed by atoms with Crippen molar-refractivity contribution in [3.8, 4) is 5.75 Å². The molecule has 2 aromatic carbocycles. The molecule has 0 radical (unpaired) electrons. The van der Waals surface area contributed by atoms with Crippen molar-refractivity contribution in [2.24, 2.45) is 0 Å². The monoisotopic (exact) mass is 287 g/mol. The minimum Gasteiger partial charge on any atom is -0.490 e. The normalized spacial score (nSPS) is 9.95. The Morgan fingerprint density at radius 2 is 1.95 bits per heavy atom. The second kappa shape index (κ2) is 5.91. The highest BCUT2D eigenvalue weighted by molar-refractivity contribution is 6.08. The minimum atomic E-state index is -0.605. The van der Waals surface area contributed by atoms with E-state index in [0.717, 1.165) is 0 Å². The van der Waals surface area contributed by atoms with Crippen LogP contribution in [0.2, 0.25) is 0 Å². The van der Waals surface area contributed by atoms with Gasteiger partial charge in [0.1, 0.15) is 0 Å². The molecule has 1 amide bonds. The van der Waals surface area contributed by atoms with Crippen LogP contribution in [0.5, 0.6) is 5.75 Å². The van der Waals surface area contributed by atoms with Gasteiger partial charge in [-0.2, -0.15) is 0 Å². The van der Waals surface area contributed by atoms with Gasteiger partial charge in [0, 0.05) is 6.07 Å². The molecule has 0 aromatic heterocycles. The Morgan fingerprint density at radius 1 is 1.24 bits per heavy atom. The minimum absolute atomic E-state index is 0.0648. The Bertz CT molecular complexity index is 700. The lowest BCUT2D eigenvalue weighted by atomic mass is 10.1. The third-order valence-electron chi connectivity index (χ3n) is 2.85. The van der Waals surface area contributed by atoms with Gasteiger partial charge in [0.15, 0.2) is 0 Å². The largest absolute Gasteiger partial charge is 0.490 e. The summed E-state index contributed by atoms with van der Waals surface area (Å²) in [5.74, 6) is -0.622. The maximum Gasteiger partial charge on any atom is 0.311 e. The maximum absolute atomic E-state index is 12.3. The Labute approximate surface area is 120 Å². The predicted molar refractivity (Wildman–Crippen MR) is 78.5 cm³/mol. The Hall–Kier alpha value is -3.09. The van der Waals surface area contributed by atoms with Crippen molar-refractivity contribution < 1.29 is 14.5 Å². The second-order valence-electron chi connectivity index (χ2n) is 4.16. The van der Waals surface area contributed by atoms with Crippen LogP contribution >= 0.6 is 0 Å². The van der Waals surface area contributed by atoms with E-state index in [1.54, 1.807) is 24.3 Å². The number of benzene rings is 2. The van der Waals surface area contributed by atoms with E-state index in [1.807, 2.05) is 0 Å². The SMILES string of the molecule is COc1c(C(=O)Nc2ccccc2N)cccc1[N+](=O)[O-]. The highest BCUT2D eigenvalue weighted by Gasteiger charge is 2.22. The van der Waals surface area contributed by atoms with Crippen molar-refractivity contribution in [3.05, 3.63) is 58.1 Å². The van der Waals surface area contributed by atoms with Crippen LogP contribution < -0.4 is 15.8 Å². The Kier molecular flexibility index (Phi) is 4.03. The molecule has 7 nitrogen and oxygen atoms in total. The van der Waals surface area contributed by atoms with Crippen LogP contribution in [0.3, 0.4) is 0 Å². The number of nitro benzene ring substituents is 1. The van der Waals surface area contributed by atoms with Gasteiger partial charge in [-0.15, -0.1) is 0 Å². The molecule has 108 valence electrons. The number of carbonyl (C=O) groups excluding carboxylic acids is 1. The zero-order valence-corrected chi connectivity index (χ0v) is 11.2. The molecule has 0 saturated carbocycles. The standard InChI is InChI=1S/C14H13N3O4/c1-21-13-9(5-4-8-12(13)17(19)20)14(18)16-11-7-3-2-6-10(11)15/h2-8H,15H2,1H3,(H,16,18). The molecule has 0 heterocycles. The number of hydrogen-bond acceptors (Lipinski definition) is 5. The van der Waals surface area contributed by atoms with Crippen molar-refractivity contribution in [1.29, 1.82) is 0 Å². The van der Waals surface area contributed by atoms with Crippen LogP contribution in [0.1, 0.15) is 10.4 Å². The van der Waals surface area contributed by atoms with E-state index in [-0.39, 0.29) is 17.0 Å². The maximum atomic E-state index is 12.3. The molecule has 0 aliphatic carbocycles. The number of para-hydroxylation sites is 3. The highest BCUT2D eigenvalue weighted by Crippen LogP contribution is 2.31. The summed E-state index contributed by atoms with van der Waals surface area (Å²) in [4.78, 5) is 22.6. The first kappa shape index (κ1) is 14.3. The van der Waals surface area contributed by atoms with Gasteiger partial charge in [0.25, 0.3) is 5.91 Å². The van der Waals surface area contributed by atoms with Crippen molar-refractivity contribution in [1.82, 2.24) is 0 Å². The van der Waals surface area contributed by atoms with Crippen LogP contribution in [-0.2, 0) is 0 Å². The summed E-state index contributed by atoms with van der Waals surface area (Å²) in [5.41, 5.74) is 6.36. The van der Waals surface area contributed by atoms with Gasteiger partial charge < -0.3 is 15.8 Å². The molecule has 7 heteroatoms. The van der Waals surface area contributed by atoms with Crippen molar-refractivity contribution in [2.45, 2.75) is 0 Å². The summed E-state index contributed by atoms with van der Waals surface area (Å²) in [7, 11) is 1.27. The third kappa shape index (κ3) is 2.92. The van der Waals surface area contributed by atoms with Crippen LogP contribution in [0.4, 0.5) is 17.1 Å². The molecule has 0 aliphatic heterocycles. The fourth-order valence-electron chi connectivity index (χ4n) is 1.86. The quantitative estimate of drug-likeness (QED) is 0.510. The third-order valence-corrected chi connectivity index (χ3v) is 2.85. The van der Waals surface area contributed by atoms with Crippen molar-refractivity contribution >= 4 is 23.0 Å². The van der Waals surface area contributed by atoms with E-state index < -0.39 is 10.8 Å². The van der Waals surface area contributed by atoms with Gasteiger partial charge in [-0.25, -0.2) is 0 Å². The number of rotatable bonds is 4. The summed E-state index contributed by atoms with van der Waals surface area (Å²) < 4.78 is 4.99. The van der Waals surface area contributed by atoms with E-state index in [4.69, 9.17) is 10.5 Å². The number of ether oxygens (including phenoxy) is 1. The molecule has 2 rings (SSSR count). The first-order valence-corrected chi connectivity index (χ1v) is 6.02. The molecule has 0 fully saturated rings. The fourth-order valence-corrected chi connectivity index (χ4v) is 1.86. The second-order valence-corrected chi connectivity index (χ2v) is 4.16. The zero-order chi connectivity index (χ0) is 15.4. The highest BCUT2D eigenvalue weighted by atomic mass is 16.6. The van der Waals surface area contributed by atoms with Crippen LogP contribution in [0.25, 0.3) is 0 Å². The molecular weight excluding hydrogens is 274 g/mol. The molecular formula is C14H13N3O4. The summed E-state index contributed by atoms with van der Waals surface area (Å²) in [6, 6.07) is 10.9.